The lowest BCUT2D eigenvalue weighted by Gasteiger charge is -1.96. The molecule has 1 aromatic rings. The Labute approximate surface area is 73.2 Å². The van der Waals surface area contributed by atoms with E-state index in [2.05, 4.69) is 0 Å². The average molecular weight is 157 g/mol. The maximum Gasteiger partial charge on any atom is 0.272 e. The van der Waals surface area contributed by atoms with E-state index in [4.69, 9.17) is 8.22 Å². The molecule has 0 aliphatic heterocycles. The molecule has 0 fully saturated rings. The minimum Gasteiger partial charge on any atom is -0.258 e. The Hall–Kier alpha value is -1.38. The van der Waals surface area contributed by atoms with Crippen LogP contribution in [0.5, 0.6) is 0 Å². The van der Waals surface area contributed by atoms with Crippen LogP contribution in [-0.4, -0.2) is 4.92 Å². The predicted octanol–water partition coefficient (Wildman–Crippen LogP) is 2.21. The van der Waals surface area contributed by atoms with Crippen molar-refractivity contribution in [3.05, 3.63) is 39.4 Å². The fraction of sp³-hybridized carbons (Fsp3) is 0.250. The van der Waals surface area contributed by atoms with Gasteiger partial charge in [-0.3, -0.25) is 10.1 Å². The number of hydrogen-bond acceptors (Lipinski definition) is 2. The summed E-state index contributed by atoms with van der Waals surface area (Å²) in [6.45, 7) is -5.15. The van der Waals surface area contributed by atoms with Crippen molar-refractivity contribution in [2.75, 3.05) is 0 Å². The zero-order chi connectivity index (χ0) is 13.4. The highest BCUT2D eigenvalue weighted by Crippen LogP contribution is 2.18. The molecule has 0 saturated carbocycles. The number of hydrogen-bond donors (Lipinski definition) is 0. The fourth-order valence-electron chi connectivity index (χ4n) is 0.683. The van der Waals surface area contributed by atoms with Crippen LogP contribution in [0.3, 0.4) is 0 Å². The molecule has 0 heterocycles. The molecule has 1 aromatic carbocycles. The third kappa shape index (κ3) is 1.55. The zero-order valence-corrected chi connectivity index (χ0v) is 5.50. The SMILES string of the molecule is [2H]C([2H])([2H])c1ccc(C([2H])([2H])[2H])c([N+](=O)[O-])c1. The van der Waals surface area contributed by atoms with E-state index in [9.17, 15) is 10.1 Å². The van der Waals surface area contributed by atoms with Crippen LogP contribution >= 0.6 is 0 Å². The van der Waals surface area contributed by atoms with Crippen molar-refractivity contribution in [2.24, 2.45) is 0 Å². The van der Waals surface area contributed by atoms with Gasteiger partial charge in [0.1, 0.15) is 0 Å². The van der Waals surface area contributed by atoms with E-state index in [0.29, 0.717) is 0 Å². The molecule has 0 unspecified atom stereocenters. The van der Waals surface area contributed by atoms with Crippen molar-refractivity contribution < 1.29 is 13.1 Å². The van der Waals surface area contributed by atoms with Crippen LogP contribution < -0.4 is 0 Å². The highest BCUT2D eigenvalue weighted by Gasteiger charge is 2.08. The highest BCUT2D eigenvalue weighted by atomic mass is 16.6. The summed E-state index contributed by atoms with van der Waals surface area (Å²) in [5, 5.41) is 10.7. The topological polar surface area (TPSA) is 43.1 Å². The Kier molecular flexibility index (Phi) is 0.719. The minimum absolute atomic E-state index is 0.253. The first-order chi connectivity index (χ1) is 7.53. The number of rotatable bonds is 1. The van der Waals surface area contributed by atoms with Gasteiger partial charge in [-0.15, -0.1) is 0 Å². The van der Waals surface area contributed by atoms with Gasteiger partial charge in [0.15, 0.2) is 0 Å². The second-order valence-electron chi connectivity index (χ2n) is 1.99. The first-order valence-corrected chi connectivity index (χ1v) is 2.83. The van der Waals surface area contributed by atoms with E-state index < -0.39 is 29.9 Å². The number of nitro groups is 1. The first kappa shape index (κ1) is 2.93. The summed E-state index contributed by atoms with van der Waals surface area (Å²) in [7, 11) is 0. The van der Waals surface area contributed by atoms with Gasteiger partial charge in [0, 0.05) is 19.9 Å². The number of nitrogens with zero attached hydrogens (tertiary/aromatic N) is 1. The predicted molar refractivity (Wildman–Crippen MR) is 42.6 cm³/mol. The maximum absolute atomic E-state index is 10.7. The molecule has 0 N–H and O–H groups in total. The molecule has 0 saturated heterocycles. The molecule has 0 aliphatic rings. The smallest absolute Gasteiger partial charge is 0.258 e. The maximum atomic E-state index is 10.7. The van der Waals surface area contributed by atoms with E-state index >= 15 is 0 Å². The van der Waals surface area contributed by atoms with Crippen LogP contribution in [0, 0.1) is 23.8 Å². The third-order valence-electron chi connectivity index (χ3n) is 1.19. The molecule has 58 valence electrons. The van der Waals surface area contributed by atoms with Crippen LogP contribution in [0.25, 0.3) is 0 Å². The number of aryl methyl sites for hydroxylation is 2. The fourth-order valence-corrected chi connectivity index (χ4v) is 0.683. The average Bonchev–Trinajstić information content (AvgIpc) is 2.14. The second kappa shape index (κ2) is 2.70. The number of benzene rings is 1. The van der Waals surface area contributed by atoms with E-state index in [1.165, 1.54) is 0 Å². The molecule has 0 atom stereocenters. The van der Waals surface area contributed by atoms with Crippen LogP contribution in [0.15, 0.2) is 18.2 Å². The largest absolute Gasteiger partial charge is 0.272 e. The second-order valence-corrected chi connectivity index (χ2v) is 1.99. The first-order valence-electron chi connectivity index (χ1n) is 5.83. The van der Waals surface area contributed by atoms with Gasteiger partial charge < -0.3 is 0 Å². The molecule has 0 amide bonds. The molecule has 0 bridgehead atoms. The van der Waals surface area contributed by atoms with Crippen molar-refractivity contribution in [1.82, 2.24) is 0 Å². The summed E-state index contributed by atoms with van der Waals surface area (Å²) >= 11 is 0. The highest BCUT2D eigenvalue weighted by molar-refractivity contribution is 5.41. The summed E-state index contributed by atoms with van der Waals surface area (Å²) in [6, 6.07) is 2.82. The van der Waals surface area contributed by atoms with Gasteiger partial charge in [0.2, 0.25) is 0 Å². The van der Waals surface area contributed by atoms with Crippen molar-refractivity contribution >= 4 is 5.69 Å². The zero-order valence-electron chi connectivity index (χ0n) is 11.5. The molecule has 0 spiro atoms. The molecule has 0 radical (unpaired) electrons. The summed E-state index contributed by atoms with van der Waals surface area (Å²) < 4.78 is 42.7. The van der Waals surface area contributed by atoms with E-state index in [1.54, 1.807) is 0 Å². The lowest BCUT2D eigenvalue weighted by atomic mass is 10.1. The van der Waals surface area contributed by atoms with Crippen molar-refractivity contribution in [3.8, 4) is 0 Å². The molecule has 3 heteroatoms. The van der Waals surface area contributed by atoms with Gasteiger partial charge in [-0.2, -0.15) is 0 Å². The van der Waals surface area contributed by atoms with Crippen molar-refractivity contribution in [2.45, 2.75) is 13.7 Å². The lowest BCUT2D eigenvalue weighted by molar-refractivity contribution is -0.385. The summed E-state index contributed by atoms with van der Waals surface area (Å²) in [6.07, 6.45) is 0. The Bertz CT molecular complexity index is 450. The van der Waals surface area contributed by atoms with E-state index in [1.807, 2.05) is 0 Å². The van der Waals surface area contributed by atoms with Crippen LogP contribution in [0.1, 0.15) is 19.4 Å². The van der Waals surface area contributed by atoms with Crippen LogP contribution in [0.4, 0.5) is 5.69 Å². The Morgan fingerprint density at radius 3 is 2.91 bits per heavy atom. The van der Waals surface area contributed by atoms with Gasteiger partial charge in [0.25, 0.3) is 5.69 Å². The van der Waals surface area contributed by atoms with E-state index in [-0.39, 0.29) is 5.56 Å². The molecule has 11 heavy (non-hydrogen) atoms. The van der Waals surface area contributed by atoms with Crippen LogP contribution in [0.2, 0.25) is 0 Å². The van der Waals surface area contributed by atoms with Gasteiger partial charge in [-0.25, -0.2) is 0 Å². The Morgan fingerprint density at radius 2 is 2.36 bits per heavy atom. The molecular formula is C8H9NO2. The summed E-state index contributed by atoms with van der Waals surface area (Å²) in [5.74, 6) is 0. The standard InChI is InChI=1S/C8H9NO2/c1-6-3-4-7(2)8(5-6)9(10)11/h3-5H,1-2H3/i1D3,2D3. The van der Waals surface area contributed by atoms with E-state index in [0.717, 1.165) is 18.2 Å². The monoisotopic (exact) mass is 157 g/mol. The lowest BCUT2D eigenvalue weighted by Crippen LogP contribution is -1.91. The van der Waals surface area contributed by atoms with Gasteiger partial charge in [0.05, 0.1) is 4.92 Å². The number of nitro benzene ring substituents is 1. The quantitative estimate of drug-likeness (QED) is 0.463. The molecular weight excluding hydrogens is 142 g/mol. The summed E-state index contributed by atoms with van der Waals surface area (Å²) in [5.41, 5.74) is -1.41. The Balaban J connectivity index is 3.43. The molecule has 3 nitrogen and oxygen atoms in total. The normalized spacial score (nSPS) is 20.0. The summed E-state index contributed by atoms with van der Waals surface area (Å²) in [4.78, 5) is 9.83. The molecule has 0 aromatic heterocycles. The Morgan fingerprint density at radius 1 is 1.55 bits per heavy atom. The van der Waals surface area contributed by atoms with Gasteiger partial charge in [-0.1, -0.05) is 12.1 Å². The van der Waals surface area contributed by atoms with Crippen LogP contribution in [-0.2, 0) is 0 Å². The van der Waals surface area contributed by atoms with Crippen molar-refractivity contribution in [1.29, 1.82) is 0 Å². The van der Waals surface area contributed by atoms with Crippen molar-refractivity contribution in [3.63, 3.8) is 0 Å². The minimum atomic E-state index is -2.64. The third-order valence-corrected chi connectivity index (χ3v) is 1.19. The molecule has 0 aliphatic carbocycles. The molecule has 1 rings (SSSR count). The van der Waals surface area contributed by atoms with Gasteiger partial charge >= 0.3 is 0 Å². The van der Waals surface area contributed by atoms with Gasteiger partial charge in [-0.05, 0) is 19.3 Å².